The van der Waals surface area contributed by atoms with Gasteiger partial charge in [-0.25, -0.2) is 0 Å². The summed E-state index contributed by atoms with van der Waals surface area (Å²) in [6.45, 7) is 7.88. The maximum Gasteiger partial charge on any atom is 0.227 e. The lowest BCUT2D eigenvalue weighted by atomic mass is 10.1. The molecule has 122 valence electrons. The van der Waals surface area contributed by atoms with E-state index < -0.39 is 0 Å². The van der Waals surface area contributed by atoms with Gasteiger partial charge in [0.05, 0.1) is 6.54 Å². The Kier molecular flexibility index (Phi) is 4.39. The Hall–Kier alpha value is -2.27. The van der Waals surface area contributed by atoms with Crippen LogP contribution in [-0.4, -0.2) is 36.2 Å². The van der Waals surface area contributed by atoms with Crippen molar-refractivity contribution < 1.29 is 9.52 Å². The van der Waals surface area contributed by atoms with Gasteiger partial charge in [0.2, 0.25) is 11.2 Å². The predicted molar refractivity (Wildman–Crippen MR) is 90.0 cm³/mol. The number of benzene rings is 1. The molecular weight excluding hydrogens is 292 g/mol. The van der Waals surface area contributed by atoms with Crippen LogP contribution in [0.1, 0.15) is 17.1 Å². The second kappa shape index (κ2) is 6.46. The first-order valence-electron chi connectivity index (χ1n) is 7.90. The summed E-state index contributed by atoms with van der Waals surface area (Å²) in [5.74, 6) is 0.623. The van der Waals surface area contributed by atoms with E-state index in [1.165, 1.54) is 17.3 Å². The van der Waals surface area contributed by atoms with Crippen LogP contribution in [0, 0.1) is 13.8 Å². The second-order valence-corrected chi connectivity index (χ2v) is 6.04. The normalized spacial score (nSPS) is 15.8. The Labute approximate surface area is 135 Å². The van der Waals surface area contributed by atoms with E-state index in [0.717, 1.165) is 26.2 Å². The van der Waals surface area contributed by atoms with E-state index in [4.69, 9.17) is 4.42 Å². The first kappa shape index (κ1) is 15.6. The highest BCUT2D eigenvalue weighted by molar-refractivity contribution is 5.53. The van der Waals surface area contributed by atoms with Gasteiger partial charge in [0.25, 0.3) is 0 Å². The molecule has 0 radical (unpaired) electrons. The molecule has 5 heteroatoms. The molecule has 1 fully saturated rings. The predicted octanol–water partition coefficient (Wildman–Crippen LogP) is 2.28. The molecule has 1 aromatic carbocycles. The standard InChI is InChI=1S/C18H22N2O3/c1-13-5-3-4-6-15(13)20-9-7-19(8-10-20)12-17-18(22)16(21)11-14(2)23-17/h3-6,11,22H,7-10,12H2,1-2H3. The molecule has 1 aromatic heterocycles. The average Bonchev–Trinajstić information content (AvgIpc) is 2.53. The highest BCUT2D eigenvalue weighted by atomic mass is 16.4. The number of rotatable bonds is 3. The first-order valence-corrected chi connectivity index (χ1v) is 7.90. The van der Waals surface area contributed by atoms with Crippen molar-refractivity contribution in [2.24, 2.45) is 0 Å². The van der Waals surface area contributed by atoms with Crippen molar-refractivity contribution in [3.8, 4) is 5.75 Å². The van der Waals surface area contributed by atoms with Crippen molar-refractivity contribution in [3.05, 3.63) is 57.6 Å². The molecule has 0 bridgehead atoms. The minimum atomic E-state index is -0.373. The highest BCUT2D eigenvalue weighted by Gasteiger charge is 2.21. The van der Waals surface area contributed by atoms with E-state index in [1.54, 1.807) is 6.92 Å². The highest BCUT2D eigenvalue weighted by Crippen LogP contribution is 2.22. The lowest BCUT2D eigenvalue weighted by molar-refractivity contribution is 0.220. The fourth-order valence-electron chi connectivity index (χ4n) is 3.04. The zero-order chi connectivity index (χ0) is 16.4. The van der Waals surface area contributed by atoms with Gasteiger partial charge in [0.1, 0.15) is 5.76 Å². The third-order valence-corrected chi connectivity index (χ3v) is 4.31. The molecule has 2 aromatic rings. The van der Waals surface area contributed by atoms with Gasteiger partial charge in [0, 0.05) is 37.9 Å². The topological polar surface area (TPSA) is 56.9 Å². The van der Waals surface area contributed by atoms with Gasteiger partial charge in [-0.15, -0.1) is 0 Å². The molecule has 23 heavy (non-hydrogen) atoms. The van der Waals surface area contributed by atoms with Crippen LogP contribution in [0.25, 0.3) is 0 Å². The van der Waals surface area contributed by atoms with Crippen molar-refractivity contribution in [3.63, 3.8) is 0 Å². The Morgan fingerprint density at radius 1 is 1.13 bits per heavy atom. The minimum Gasteiger partial charge on any atom is -0.502 e. The van der Waals surface area contributed by atoms with Gasteiger partial charge in [-0.2, -0.15) is 0 Å². The summed E-state index contributed by atoms with van der Waals surface area (Å²) in [5.41, 5.74) is 2.18. The SMILES string of the molecule is Cc1cc(=O)c(O)c(CN2CCN(c3ccccc3C)CC2)o1. The summed E-state index contributed by atoms with van der Waals surface area (Å²) in [7, 11) is 0. The van der Waals surface area contributed by atoms with Gasteiger partial charge in [0.15, 0.2) is 5.76 Å². The Balaban J connectivity index is 1.66. The minimum absolute atomic E-state index is 0.267. The number of hydrogen-bond donors (Lipinski definition) is 1. The summed E-state index contributed by atoms with van der Waals surface area (Å²) < 4.78 is 5.52. The van der Waals surface area contributed by atoms with E-state index in [-0.39, 0.29) is 11.2 Å². The number of hydrogen-bond acceptors (Lipinski definition) is 5. The Bertz CT molecular complexity index is 746. The molecular formula is C18H22N2O3. The number of para-hydroxylation sites is 1. The van der Waals surface area contributed by atoms with Crippen molar-refractivity contribution in [2.75, 3.05) is 31.1 Å². The summed E-state index contributed by atoms with van der Waals surface area (Å²) in [4.78, 5) is 16.2. The second-order valence-electron chi connectivity index (χ2n) is 6.04. The summed E-state index contributed by atoms with van der Waals surface area (Å²) >= 11 is 0. The van der Waals surface area contributed by atoms with Crippen LogP contribution in [0.5, 0.6) is 5.75 Å². The summed E-state index contributed by atoms with van der Waals surface area (Å²) in [6.07, 6.45) is 0. The van der Waals surface area contributed by atoms with Crippen LogP contribution in [0.3, 0.4) is 0 Å². The van der Waals surface area contributed by atoms with E-state index in [1.807, 2.05) is 0 Å². The molecule has 2 heterocycles. The number of aryl methyl sites for hydroxylation is 2. The molecule has 0 atom stereocenters. The monoisotopic (exact) mass is 314 g/mol. The lowest BCUT2D eigenvalue weighted by Crippen LogP contribution is -2.46. The molecule has 3 rings (SSSR count). The fourth-order valence-corrected chi connectivity index (χ4v) is 3.04. The van der Waals surface area contributed by atoms with Crippen LogP contribution in [0.15, 0.2) is 39.5 Å². The van der Waals surface area contributed by atoms with E-state index in [0.29, 0.717) is 18.1 Å². The number of anilines is 1. The maximum absolute atomic E-state index is 11.6. The molecule has 1 N–H and O–H groups in total. The number of nitrogens with zero attached hydrogens (tertiary/aromatic N) is 2. The molecule has 1 saturated heterocycles. The molecule has 1 aliphatic rings. The third kappa shape index (κ3) is 3.40. The van der Waals surface area contributed by atoms with Gasteiger partial charge in [-0.3, -0.25) is 9.69 Å². The summed E-state index contributed by atoms with van der Waals surface area (Å²) in [5, 5.41) is 9.88. The van der Waals surface area contributed by atoms with Crippen molar-refractivity contribution in [1.29, 1.82) is 0 Å². The van der Waals surface area contributed by atoms with Crippen molar-refractivity contribution >= 4 is 5.69 Å². The van der Waals surface area contributed by atoms with Crippen LogP contribution in [0.2, 0.25) is 0 Å². The Morgan fingerprint density at radius 2 is 1.83 bits per heavy atom. The zero-order valence-corrected chi connectivity index (χ0v) is 13.6. The van der Waals surface area contributed by atoms with E-state index in [9.17, 15) is 9.90 Å². The van der Waals surface area contributed by atoms with E-state index >= 15 is 0 Å². The largest absolute Gasteiger partial charge is 0.502 e. The molecule has 0 unspecified atom stereocenters. The number of piperazine rings is 1. The summed E-state index contributed by atoms with van der Waals surface area (Å²) in [6, 6.07) is 9.71. The van der Waals surface area contributed by atoms with Gasteiger partial charge >= 0.3 is 0 Å². The fraction of sp³-hybridized carbons (Fsp3) is 0.389. The quantitative estimate of drug-likeness (QED) is 0.942. The number of aromatic hydroxyl groups is 1. The smallest absolute Gasteiger partial charge is 0.227 e. The van der Waals surface area contributed by atoms with Crippen LogP contribution < -0.4 is 10.3 Å². The molecule has 0 aliphatic carbocycles. The van der Waals surface area contributed by atoms with Crippen molar-refractivity contribution in [2.45, 2.75) is 20.4 Å². The van der Waals surface area contributed by atoms with Crippen LogP contribution in [-0.2, 0) is 6.54 Å². The first-order chi connectivity index (χ1) is 11.0. The third-order valence-electron chi connectivity index (χ3n) is 4.31. The molecule has 1 aliphatic heterocycles. The van der Waals surface area contributed by atoms with Gasteiger partial charge < -0.3 is 14.4 Å². The zero-order valence-electron chi connectivity index (χ0n) is 13.6. The van der Waals surface area contributed by atoms with Crippen molar-refractivity contribution in [1.82, 2.24) is 4.90 Å². The average molecular weight is 314 g/mol. The molecule has 0 spiro atoms. The van der Waals surface area contributed by atoms with Crippen LogP contribution >= 0.6 is 0 Å². The Morgan fingerprint density at radius 3 is 2.52 bits per heavy atom. The molecule has 0 saturated carbocycles. The molecule has 0 amide bonds. The van der Waals surface area contributed by atoms with Gasteiger partial charge in [-0.05, 0) is 25.5 Å². The maximum atomic E-state index is 11.6. The van der Waals surface area contributed by atoms with Crippen LogP contribution in [0.4, 0.5) is 5.69 Å². The van der Waals surface area contributed by atoms with E-state index in [2.05, 4.69) is 41.0 Å². The lowest BCUT2D eigenvalue weighted by Gasteiger charge is -2.36. The van der Waals surface area contributed by atoms with Gasteiger partial charge in [-0.1, -0.05) is 18.2 Å². The molecule has 5 nitrogen and oxygen atoms in total.